The molecule has 2 unspecified atom stereocenters. The topological polar surface area (TPSA) is 12.0 Å². The Kier molecular flexibility index (Phi) is 5.30. The Morgan fingerprint density at radius 1 is 1.16 bits per heavy atom. The van der Waals surface area contributed by atoms with Crippen LogP contribution in [-0.4, -0.2) is 6.04 Å². The number of benzene rings is 1. The molecule has 1 aliphatic carbocycles. The van der Waals surface area contributed by atoms with Gasteiger partial charge in [-0.05, 0) is 55.2 Å². The van der Waals surface area contributed by atoms with Crippen molar-refractivity contribution in [2.24, 2.45) is 11.8 Å². The van der Waals surface area contributed by atoms with E-state index in [9.17, 15) is 0 Å². The van der Waals surface area contributed by atoms with Crippen molar-refractivity contribution < 1.29 is 0 Å². The van der Waals surface area contributed by atoms with Gasteiger partial charge in [-0.25, -0.2) is 0 Å². The van der Waals surface area contributed by atoms with E-state index >= 15 is 0 Å². The van der Waals surface area contributed by atoms with Crippen LogP contribution in [0.2, 0.25) is 0 Å². The van der Waals surface area contributed by atoms with E-state index in [2.05, 4.69) is 50.4 Å². The molecular weight excluding hydrogens is 230 g/mol. The molecule has 0 heterocycles. The summed E-state index contributed by atoms with van der Waals surface area (Å²) in [6.45, 7) is 6.98. The van der Waals surface area contributed by atoms with E-state index in [1.807, 2.05) is 0 Å². The third-order valence-corrected chi connectivity index (χ3v) is 4.66. The minimum absolute atomic E-state index is 0.677. The monoisotopic (exact) mass is 259 g/mol. The Balaban J connectivity index is 1.92. The van der Waals surface area contributed by atoms with Gasteiger partial charge in [-0.2, -0.15) is 0 Å². The Hall–Kier alpha value is -0.980. The van der Waals surface area contributed by atoms with E-state index in [1.165, 1.54) is 43.4 Å². The molecule has 0 aliphatic heterocycles. The van der Waals surface area contributed by atoms with Crippen LogP contribution >= 0.6 is 0 Å². The van der Waals surface area contributed by atoms with Crippen molar-refractivity contribution in [3.8, 4) is 0 Å². The van der Waals surface area contributed by atoms with Crippen molar-refractivity contribution in [3.63, 3.8) is 0 Å². The van der Waals surface area contributed by atoms with Crippen molar-refractivity contribution in [1.29, 1.82) is 0 Å². The largest absolute Gasteiger partial charge is 0.382 e. The normalized spacial score (nSPS) is 24.2. The van der Waals surface area contributed by atoms with Crippen LogP contribution in [0.5, 0.6) is 0 Å². The molecule has 1 N–H and O–H groups in total. The van der Waals surface area contributed by atoms with Crippen molar-refractivity contribution >= 4 is 5.69 Å². The van der Waals surface area contributed by atoms with Crippen molar-refractivity contribution in [2.75, 3.05) is 5.32 Å². The summed E-state index contributed by atoms with van der Waals surface area (Å²) in [6.07, 6.45) is 7.98. The molecule has 1 aromatic carbocycles. The summed E-state index contributed by atoms with van der Waals surface area (Å²) in [5.74, 6) is 1.79. The van der Waals surface area contributed by atoms with Crippen molar-refractivity contribution in [1.82, 2.24) is 0 Å². The first kappa shape index (κ1) is 14.4. The fraction of sp³-hybridized carbons (Fsp3) is 0.667. The summed E-state index contributed by atoms with van der Waals surface area (Å²) in [5.41, 5.74) is 2.74. The fourth-order valence-electron chi connectivity index (χ4n) is 3.26. The molecule has 106 valence electrons. The van der Waals surface area contributed by atoms with E-state index in [0.29, 0.717) is 6.04 Å². The summed E-state index contributed by atoms with van der Waals surface area (Å²) in [7, 11) is 0. The molecule has 0 spiro atoms. The zero-order valence-corrected chi connectivity index (χ0v) is 12.8. The van der Waals surface area contributed by atoms with Gasteiger partial charge in [0.25, 0.3) is 0 Å². The van der Waals surface area contributed by atoms with Crippen molar-refractivity contribution in [2.45, 2.75) is 65.3 Å². The second-order valence-electron chi connectivity index (χ2n) is 6.41. The molecule has 1 fully saturated rings. The Labute approximate surface area is 118 Å². The molecule has 1 aliphatic rings. The van der Waals surface area contributed by atoms with E-state index < -0.39 is 0 Å². The maximum Gasteiger partial charge on any atom is 0.0345 e. The van der Waals surface area contributed by atoms with Gasteiger partial charge in [0.15, 0.2) is 0 Å². The molecule has 0 amide bonds. The number of nitrogens with one attached hydrogen (secondary N) is 1. The summed E-state index contributed by atoms with van der Waals surface area (Å²) >= 11 is 0. The van der Waals surface area contributed by atoms with Gasteiger partial charge in [-0.15, -0.1) is 0 Å². The minimum atomic E-state index is 0.677. The van der Waals surface area contributed by atoms with Gasteiger partial charge in [-0.1, -0.05) is 45.7 Å². The molecule has 1 heteroatoms. The van der Waals surface area contributed by atoms with Crippen LogP contribution in [0.15, 0.2) is 24.3 Å². The van der Waals surface area contributed by atoms with Crippen LogP contribution in [0.4, 0.5) is 5.69 Å². The van der Waals surface area contributed by atoms with E-state index in [4.69, 9.17) is 0 Å². The minimum Gasteiger partial charge on any atom is -0.382 e. The average molecular weight is 259 g/mol. The molecule has 0 saturated heterocycles. The number of hydrogen-bond acceptors (Lipinski definition) is 1. The Morgan fingerprint density at radius 2 is 2.00 bits per heavy atom. The molecule has 1 saturated carbocycles. The molecule has 0 aromatic heterocycles. The first-order valence-corrected chi connectivity index (χ1v) is 8.04. The second-order valence-corrected chi connectivity index (χ2v) is 6.41. The van der Waals surface area contributed by atoms with E-state index in [-0.39, 0.29) is 0 Å². The first-order valence-electron chi connectivity index (χ1n) is 8.04. The average Bonchev–Trinajstić information content (AvgIpc) is 2.65. The van der Waals surface area contributed by atoms with E-state index in [1.54, 1.807) is 0 Å². The van der Waals surface area contributed by atoms with Crippen LogP contribution in [-0.2, 0) is 6.42 Å². The lowest BCUT2D eigenvalue weighted by atomic mass is 9.89. The van der Waals surface area contributed by atoms with Gasteiger partial charge in [-0.3, -0.25) is 0 Å². The number of rotatable bonds is 4. The number of aryl methyl sites for hydroxylation is 1. The van der Waals surface area contributed by atoms with Gasteiger partial charge < -0.3 is 5.32 Å². The lowest BCUT2D eigenvalue weighted by Crippen LogP contribution is -2.18. The van der Waals surface area contributed by atoms with Gasteiger partial charge >= 0.3 is 0 Å². The maximum absolute atomic E-state index is 3.76. The molecule has 0 bridgehead atoms. The summed E-state index contributed by atoms with van der Waals surface area (Å²) in [5, 5.41) is 3.76. The summed E-state index contributed by atoms with van der Waals surface area (Å²) < 4.78 is 0. The van der Waals surface area contributed by atoms with E-state index in [0.717, 1.165) is 18.3 Å². The van der Waals surface area contributed by atoms with Crippen LogP contribution in [0.1, 0.15) is 58.4 Å². The highest BCUT2D eigenvalue weighted by Gasteiger charge is 2.20. The third kappa shape index (κ3) is 4.26. The van der Waals surface area contributed by atoms with Crippen LogP contribution in [0.25, 0.3) is 0 Å². The highest BCUT2D eigenvalue weighted by Crippen LogP contribution is 2.30. The Bertz CT molecular complexity index is 383. The van der Waals surface area contributed by atoms with Gasteiger partial charge in [0.1, 0.15) is 0 Å². The van der Waals surface area contributed by atoms with Crippen LogP contribution < -0.4 is 5.32 Å². The number of hydrogen-bond donors (Lipinski definition) is 1. The predicted molar refractivity (Wildman–Crippen MR) is 84.6 cm³/mol. The lowest BCUT2D eigenvalue weighted by Gasteiger charge is -2.20. The standard InChI is InChI=1S/C18H29N/c1-4-15-7-5-10-18(13-15)19-17-9-6-8-16(11-12-17)14(2)3/h5,7,10,13-14,16-17,19H,4,6,8-9,11-12H2,1-3H3. The lowest BCUT2D eigenvalue weighted by molar-refractivity contribution is 0.341. The maximum atomic E-state index is 3.76. The smallest absolute Gasteiger partial charge is 0.0345 e. The summed E-state index contributed by atoms with van der Waals surface area (Å²) in [6, 6.07) is 9.59. The second kappa shape index (κ2) is 6.98. The van der Waals surface area contributed by atoms with Crippen LogP contribution in [0.3, 0.4) is 0 Å². The van der Waals surface area contributed by atoms with Crippen LogP contribution in [0, 0.1) is 11.8 Å². The number of anilines is 1. The van der Waals surface area contributed by atoms with Gasteiger partial charge in [0, 0.05) is 11.7 Å². The summed E-state index contributed by atoms with van der Waals surface area (Å²) in [4.78, 5) is 0. The highest BCUT2D eigenvalue weighted by atomic mass is 14.9. The Morgan fingerprint density at radius 3 is 2.74 bits per heavy atom. The predicted octanol–water partition coefficient (Wildman–Crippen LogP) is 5.27. The molecule has 2 rings (SSSR count). The zero-order chi connectivity index (χ0) is 13.7. The van der Waals surface area contributed by atoms with Gasteiger partial charge in [0.05, 0.1) is 0 Å². The van der Waals surface area contributed by atoms with Crippen molar-refractivity contribution in [3.05, 3.63) is 29.8 Å². The molecule has 19 heavy (non-hydrogen) atoms. The highest BCUT2D eigenvalue weighted by molar-refractivity contribution is 5.46. The SMILES string of the molecule is CCc1cccc(NC2CCCC(C(C)C)CC2)c1. The first-order chi connectivity index (χ1) is 9.19. The quantitative estimate of drug-likeness (QED) is 0.727. The third-order valence-electron chi connectivity index (χ3n) is 4.66. The fourth-order valence-corrected chi connectivity index (χ4v) is 3.26. The zero-order valence-electron chi connectivity index (χ0n) is 12.8. The molecule has 2 atom stereocenters. The molecular formula is C18H29N. The molecule has 0 radical (unpaired) electrons. The molecule has 1 aromatic rings. The van der Waals surface area contributed by atoms with Gasteiger partial charge in [0.2, 0.25) is 0 Å². The molecule has 1 nitrogen and oxygen atoms in total.